The average Bonchev–Trinajstić information content (AvgIpc) is 2.55. The highest BCUT2D eigenvalue weighted by molar-refractivity contribution is 7.89. The van der Waals surface area contributed by atoms with Gasteiger partial charge in [-0.15, -0.1) is 0 Å². The highest BCUT2D eigenvalue weighted by Crippen LogP contribution is 2.12. The third-order valence-corrected chi connectivity index (χ3v) is 4.66. The van der Waals surface area contributed by atoms with Crippen molar-refractivity contribution in [2.45, 2.75) is 17.4 Å². The fraction of sp³-hybridized carbons (Fsp3) is 0.188. The second-order valence-corrected chi connectivity index (χ2v) is 6.54. The second kappa shape index (κ2) is 7.18. The molecule has 0 aliphatic heterocycles. The van der Waals surface area contributed by atoms with Gasteiger partial charge in [0.2, 0.25) is 10.0 Å². The molecule has 0 unspecified atom stereocenters. The number of nitrogens with one attached hydrogen (secondary N) is 1. The molecule has 0 spiro atoms. The average molecular weight is 316 g/mol. The lowest BCUT2D eigenvalue weighted by Crippen LogP contribution is -2.39. The minimum absolute atomic E-state index is 0.0121. The highest BCUT2D eigenvalue weighted by atomic mass is 32.2. The van der Waals surface area contributed by atoms with Crippen LogP contribution in [-0.2, 0) is 16.4 Å². The minimum Gasteiger partial charge on any atom is -0.395 e. The summed E-state index contributed by atoms with van der Waals surface area (Å²) in [5, 5.41) is 18.3. The molecule has 0 aromatic heterocycles. The third-order valence-electron chi connectivity index (χ3n) is 3.14. The van der Waals surface area contributed by atoms with Gasteiger partial charge in [-0.2, -0.15) is 5.26 Å². The molecule has 5 nitrogen and oxygen atoms in total. The molecule has 0 aliphatic carbocycles. The molecular weight excluding hydrogens is 300 g/mol. The second-order valence-electron chi connectivity index (χ2n) is 4.83. The molecule has 114 valence electrons. The van der Waals surface area contributed by atoms with Crippen molar-refractivity contribution < 1.29 is 13.5 Å². The maximum Gasteiger partial charge on any atom is 0.240 e. The van der Waals surface area contributed by atoms with Crippen LogP contribution in [0.1, 0.15) is 11.1 Å². The van der Waals surface area contributed by atoms with Gasteiger partial charge in [0.05, 0.1) is 23.1 Å². The molecule has 0 bridgehead atoms. The number of hydrogen-bond acceptors (Lipinski definition) is 4. The van der Waals surface area contributed by atoms with E-state index in [2.05, 4.69) is 4.72 Å². The van der Waals surface area contributed by atoms with Crippen molar-refractivity contribution in [3.05, 3.63) is 65.7 Å². The van der Waals surface area contributed by atoms with E-state index in [0.717, 1.165) is 5.56 Å². The van der Waals surface area contributed by atoms with Crippen molar-refractivity contribution in [1.29, 1.82) is 5.26 Å². The Hall–Kier alpha value is -2.20. The monoisotopic (exact) mass is 316 g/mol. The molecule has 0 radical (unpaired) electrons. The van der Waals surface area contributed by atoms with Crippen LogP contribution in [0.3, 0.4) is 0 Å². The number of nitriles is 1. The highest BCUT2D eigenvalue weighted by Gasteiger charge is 2.20. The van der Waals surface area contributed by atoms with E-state index in [0.29, 0.717) is 6.42 Å². The Morgan fingerprint density at radius 3 is 2.50 bits per heavy atom. The first-order chi connectivity index (χ1) is 10.5. The van der Waals surface area contributed by atoms with Crippen LogP contribution in [0.2, 0.25) is 0 Å². The number of sulfonamides is 1. The summed E-state index contributed by atoms with van der Waals surface area (Å²) in [6.45, 7) is -0.313. The van der Waals surface area contributed by atoms with Gasteiger partial charge >= 0.3 is 0 Å². The smallest absolute Gasteiger partial charge is 0.240 e. The van der Waals surface area contributed by atoms with Crippen molar-refractivity contribution in [3.63, 3.8) is 0 Å². The summed E-state index contributed by atoms with van der Waals surface area (Å²) in [6, 6.07) is 16.4. The summed E-state index contributed by atoms with van der Waals surface area (Å²) in [5.74, 6) is 0. The number of hydrogen-bond donors (Lipinski definition) is 2. The molecular formula is C16H16N2O3S. The van der Waals surface area contributed by atoms with E-state index in [4.69, 9.17) is 5.26 Å². The van der Waals surface area contributed by atoms with E-state index >= 15 is 0 Å². The molecule has 6 heteroatoms. The van der Waals surface area contributed by atoms with Crippen LogP contribution in [0.25, 0.3) is 0 Å². The maximum atomic E-state index is 12.3. The molecule has 2 aromatic rings. The van der Waals surface area contributed by atoms with Crippen LogP contribution in [0.15, 0.2) is 59.5 Å². The largest absolute Gasteiger partial charge is 0.395 e. The molecule has 0 saturated heterocycles. The minimum atomic E-state index is -3.79. The number of nitrogens with zero attached hydrogens (tertiary/aromatic N) is 1. The van der Waals surface area contributed by atoms with Gasteiger partial charge in [-0.05, 0) is 30.2 Å². The van der Waals surface area contributed by atoms with Crippen molar-refractivity contribution in [2.24, 2.45) is 0 Å². The van der Waals surface area contributed by atoms with Crippen LogP contribution in [-0.4, -0.2) is 26.2 Å². The zero-order chi connectivity index (χ0) is 16.0. The van der Waals surface area contributed by atoms with Crippen LogP contribution >= 0.6 is 0 Å². The summed E-state index contributed by atoms with van der Waals surface area (Å²) in [7, 11) is -3.79. The van der Waals surface area contributed by atoms with Gasteiger partial charge in [0.1, 0.15) is 0 Å². The van der Waals surface area contributed by atoms with Crippen LogP contribution in [0.4, 0.5) is 0 Å². The predicted molar refractivity (Wildman–Crippen MR) is 82.5 cm³/mol. The number of benzene rings is 2. The van der Waals surface area contributed by atoms with E-state index in [1.54, 1.807) is 0 Å². The van der Waals surface area contributed by atoms with E-state index in [-0.39, 0.29) is 17.1 Å². The molecule has 2 aromatic carbocycles. The van der Waals surface area contributed by atoms with Crippen molar-refractivity contribution in [2.75, 3.05) is 6.61 Å². The van der Waals surface area contributed by atoms with Crippen LogP contribution in [0, 0.1) is 11.3 Å². The Balaban J connectivity index is 2.17. The Kier molecular flexibility index (Phi) is 5.28. The first kappa shape index (κ1) is 16.2. The van der Waals surface area contributed by atoms with E-state index in [1.807, 2.05) is 36.4 Å². The van der Waals surface area contributed by atoms with Gasteiger partial charge in [-0.25, -0.2) is 13.1 Å². The van der Waals surface area contributed by atoms with Gasteiger partial charge in [0.15, 0.2) is 0 Å². The van der Waals surface area contributed by atoms with E-state index in [1.165, 1.54) is 24.3 Å². The lowest BCUT2D eigenvalue weighted by Gasteiger charge is -2.16. The van der Waals surface area contributed by atoms with Gasteiger partial charge in [0, 0.05) is 6.04 Å². The summed E-state index contributed by atoms with van der Waals surface area (Å²) in [6.07, 6.45) is 0.383. The molecule has 22 heavy (non-hydrogen) atoms. The molecule has 2 rings (SSSR count). The Morgan fingerprint density at radius 1 is 1.14 bits per heavy atom. The topological polar surface area (TPSA) is 90.2 Å². The lowest BCUT2D eigenvalue weighted by molar-refractivity contribution is 0.256. The van der Waals surface area contributed by atoms with Crippen LogP contribution in [0.5, 0.6) is 0 Å². The third kappa shape index (κ3) is 4.15. The Bertz CT molecular complexity index is 767. The van der Waals surface area contributed by atoms with Gasteiger partial charge in [0.25, 0.3) is 0 Å². The standard InChI is InChI=1S/C16H16N2O3S/c17-11-14-7-4-8-16(10-14)22(20,21)18-15(12-19)9-13-5-2-1-3-6-13/h1-8,10,15,18-19H,9,12H2/t15-/m1/s1. The molecule has 0 amide bonds. The number of aliphatic hydroxyl groups is 1. The van der Waals surface area contributed by atoms with Crippen LogP contribution < -0.4 is 4.72 Å². The van der Waals surface area contributed by atoms with E-state index in [9.17, 15) is 13.5 Å². The molecule has 2 N–H and O–H groups in total. The number of rotatable bonds is 6. The molecule has 0 fully saturated rings. The quantitative estimate of drug-likeness (QED) is 0.844. The van der Waals surface area contributed by atoms with Crippen molar-refractivity contribution in [3.8, 4) is 6.07 Å². The first-order valence-corrected chi connectivity index (χ1v) is 8.21. The lowest BCUT2D eigenvalue weighted by atomic mass is 10.1. The van der Waals surface area contributed by atoms with Crippen molar-refractivity contribution >= 4 is 10.0 Å². The van der Waals surface area contributed by atoms with Gasteiger partial charge in [-0.1, -0.05) is 36.4 Å². The summed E-state index contributed by atoms with van der Waals surface area (Å²) >= 11 is 0. The Morgan fingerprint density at radius 2 is 1.86 bits per heavy atom. The van der Waals surface area contributed by atoms with Crippen molar-refractivity contribution in [1.82, 2.24) is 4.72 Å². The number of aliphatic hydroxyl groups excluding tert-OH is 1. The summed E-state index contributed by atoms with van der Waals surface area (Å²) in [4.78, 5) is 0.0121. The van der Waals surface area contributed by atoms with Gasteiger partial charge in [-0.3, -0.25) is 0 Å². The summed E-state index contributed by atoms with van der Waals surface area (Å²) < 4.78 is 27.1. The summed E-state index contributed by atoms with van der Waals surface area (Å²) in [5.41, 5.74) is 1.20. The molecule has 0 aliphatic rings. The zero-order valence-corrected chi connectivity index (χ0v) is 12.6. The Labute approximate surface area is 129 Å². The zero-order valence-electron chi connectivity index (χ0n) is 11.8. The SMILES string of the molecule is N#Cc1cccc(S(=O)(=O)N[C@@H](CO)Cc2ccccc2)c1. The van der Waals surface area contributed by atoms with E-state index < -0.39 is 16.1 Å². The van der Waals surface area contributed by atoms with Gasteiger partial charge < -0.3 is 5.11 Å². The maximum absolute atomic E-state index is 12.3. The predicted octanol–water partition coefficient (Wildman–Crippen LogP) is 1.44. The molecule has 1 atom stereocenters. The fourth-order valence-electron chi connectivity index (χ4n) is 2.06. The first-order valence-electron chi connectivity index (χ1n) is 6.72. The fourth-order valence-corrected chi connectivity index (χ4v) is 3.33. The molecule has 0 saturated carbocycles. The normalized spacial score (nSPS) is 12.5. The molecule has 0 heterocycles.